The molecule has 1 spiro atoms. The molecular weight excluding hydrogens is 268 g/mol. The molecule has 2 aliphatic heterocycles. The second-order valence-electron chi connectivity index (χ2n) is 7.16. The highest BCUT2D eigenvalue weighted by molar-refractivity contribution is 5.76. The van der Waals surface area contributed by atoms with Crippen LogP contribution in [0.15, 0.2) is 0 Å². The van der Waals surface area contributed by atoms with Crippen LogP contribution in [0.5, 0.6) is 0 Å². The van der Waals surface area contributed by atoms with Gasteiger partial charge in [0.2, 0.25) is 5.91 Å². The summed E-state index contributed by atoms with van der Waals surface area (Å²) in [7, 11) is 3.52. The number of carbonyl (C=O) groups excluding carboxylic acids is 1. The highest BCUT2D eigenvalue weighted by atomic mass is 16.6. The van der Waals surface area contributed by atoms with Gasteiger partial charge in [0.05, 0.1) is 18.3 Å². The molecule has 0 aromatic carbocycles. The predicted octanol–water partition coefficient (Wildman–Crippen LogP) is 1.12. The SMILES string of the molecule is CN(C)C(=O)CO[C@@H]1COC2(CCN(CC3CC3)CC2)C1. The van der Waals surface area contributed by atoms with Crippen LogP contribution in [0.3, 0.4) is 0 Å². The number of likely N-dealkylation sites (tertiary alicyclic amines) is 1. The Morgan fingerprint density at radius 3 is 2.67 bits per heavy atom. The van der Waals surface area contributed by atoms with Crippen LogP contribution in [0.1, 0.15) is 32.1 Å². The number of hydrogen-bond donors (Lipinski definition) is 0. The van der Waals surface area contributed by atoms with E-state index < -0.39 is 0 Å². The fourth-order valence-electron chi connectivity index (χ4n) is 3.38. The minimum Gasteiger partial charge on any atom is -0.372 e. The van der Waals surface area contributed by atoms with E-state index in [9.17, 15) is 4.79 Å². The van der Waals surface area contributed by atoms with Crippen molar-refractivity contribution in [1.82, 2.24) is 9.80 Å². The van der Waals surface area contributed by atoms with Crippen molar-refractivity contribution < 1.29 is 14.3 Å². The molecule has 5 nitrogen and oxygen atoms in total. The van der Waals surface area contributed by atoms with E-state index in [-0.39, 0.29) is 24.2 Å². The van der Waals surface area contributed by atoms with Crippen molar-refractivity contribution in [3.05, 3.63) is 0 Å². The highest BCUT2D eigenvalue weighted by Crippen LogP contribution is 2.38. The number of likely N-dealkylation sites (N-methyl/N-ethyl adjacent to an activating group) is 1. The summed E-state index contributed by atoms with van der Waals surface area (Å²) in [6, 6.07) is 0. The number of amides is 1. The second kappa shape index (κ2) is 6.23. The lowest BCUT2D eigenvalue weighted by Gasteiger charge is -2.38. The zero-order valence-electron chi connectivity index (χ0n) is 13.3. The van der Waals surface area contributed by atoms with Gasteiger partial charge in [-0.15, -0.1) is 0 Å². The van der Waals surface area contributed by atoms with Gasteiger partial charge >= 0.3 is 0 Å². The monoisotopic (exact) mass is 296 g/mol. The summed E-state index contributed by atoms with van der Waals surface area (Å²) >= 11 is 0. The Labute approximate surface area is 127 Å². The normalized spacial score (nSPS) is 29.0. The molecule has 2 saturated heterocycles. The lowest BCUT2D eigenvalue weighted by molar-refractivity contribution is -0.135. The van der Waals surface area contributed by atoms with Crippen LogP contribution in [0.25, 0.3) is 0 Å². The van der Waals surface area contributed by atoms with Crippen molar-refractivity contribution in [3.63, 3.8) is 0 Å². The third-order valence-corrected chi connectivity index (χ3v) is 5.10. The van der Waals surface area contributed by atoms with Gasteiger partial charge in [-0.2, -0.15) is 0 Å². The average molecular weight is 296 g/mol. The molecule has 21 heavy (non-hydrogen) atoms. The van der Waals surface area contributed by atoms with Crippen LogP contribution in [0.4, 0.5) is 0 Å². The summed E-state index contributed by atoms with van der Waals surface area (Å²) < 4.78 is 11.8. The van der Waals surface area contributed by atoms with Gasteiger partial charge in [0.1, 0.15) is 6.61 Å². The van der Waals surface area contributed by atoms with Gasteiger partial charge in [-0.25, -0.2) is 0 Å². The summed E-state index contributed by atoms with van der Waals surface area (Å²) in [4.78, 5) is 15.7. The molecule has 3 fully saturated rings. The highest BCUT2D eigenvalue weighted by Gasteiger charge is 2.43. The first kappa shape index (κ1) is 15.3. The van der Waals surface area contributed by atoms with Crippen LogP contribution < -0.4 is 0 Å². The zero-order chi connectivity index (χ0) is 14.9. The third kappa shape index (κ3) is 3.96. The smallest absolute Gasteiger partial charge is 0.248 e. The fraction of sp³-hybridized carbons (Fsp3) is 0.938. The van der Waals surface area contributed by atoms with E-state index in [2.05, 4.69) is 4.90 Å². The standard InChI is InChI=1S/C16H28N2O3/c1-17(2)15(19)12-20-14-9-16(21-11-14)5-7-18(8-6-16)10-13-3-4-13/h13-14H,3-12H2,1-2H3/t14-/m0/s1. The van der Waals surface area contributed by atoms with Crippen molar-refractivity contribution in [3.8, 4) is 0 Å². The van der Waals surface area contributed by atoms with Gasteiger partial charge in [-0.1, -0.05) is 0 Å². The largest absolute Gasteiger partial charge is 0.372 e. The van der Waals surface area contributed by atoms with E-state index in [4.69, 9.17) is 9.47 Å². The first-order chi connectivity index (χ1) is 10.1. The first-order valence-corrected chi connectivity index (χ1v) is 8.24. The Morgan fingerprint density at radius 1 is 1.33 bits per heavy atom. The Hall–Kier alpha value is -0.650. The molecule has 0 N–H and O–H groups in total. The van der Waals surface area contributed by atoms with Crippen LogP contribution in [-0.4, -0.2) is 74.4 Å². The van der Waals surface area contributed by atoms with E-state index in [1.165, 1.54) is 19.4 Å². The van der Waals surface area contributed by atoms with E-state index >= 15 is 0 Å². The molecule has 0 unspecified atom stereocenters. The summed E-state index contributed by atoms with van der Waals surface area (Å²) in [5.41, 5.74) is 0.0197. The predicted molar refractivity (Wildman–Crippen MR) is 80.1 cm³/mol. The quantitative estimate of drug-likeness (QED) is 0.762. The van der Waals surface area contributed by atoms with Crippen molar-refractivity contribution in [2.45, 2.75) is 43.8 Å². The topological polar surface area (TPSA) is 42.0 Å². The average Bonchev–Trinajstić information content (AvgIpc) is 3.20. The molecule has 1 amide bonds. The maximum absolute atomic E-state index is 11.6. The number of rotatable bonds is 5. The molecule has 1 atom stereocenters. The number of hydrogen-bond acceptors (Lipinski definition) is 4. The molecule has 3 rings (SSSR count). The number of piperidine rings is 1. The van der Waals surface area contributed by atoms with E-state index in [0.29, 0.717) is 6.61 Å². The molecule has 0 aromatic rings. The van der Waals surface area contributed by atoms with E-state index in [1.807, 2.05) is 0 Å². The molecule has 3 aliphatic rings. The van der Waals surface area contributed by atoms with Gasteiger partial charge in [0, 0.05) is 40.2 Å². The van der Waals surface area contributed by atoms with Crippen molar-refractivity contribution in [1.29, 1.82) is 0 Å². The maximum Gasteiger partial charge on any atom is 0.248 e. The maximum atomic E-state index is 11.6. The summed E-state index contributed by atoms with van der Waals surface area (Å²) in [6.07, 6.45) is 6.11. The second-order valence-corrected chi connectivity index (χ2v) is 7.16. The molecule has 120 valence electrons. The van der Waals surface area contributed by atoms with Crippen molar-refractivity contribution in [2.75, 3.05) is 46.9 Å². The van der Waals surface area contributed by atoms with Gasteiger partial charge in [0.15, 0.2) is 0 Å². The molecule has 0 aromatic heterocycles. The number of ether oxygens (including phenoxy) is 2. The van der Waals surface area contributed by atoms with Crippen LogP contribution in [-0.2, 0) is 14.3 Å². The zero-order valence-corrected chi connectivity index (χ0v) is 13.3. The van der Waals surface area contributed by atoms with Crippen LogP contribution >= 0.6 is 0 Å². The fourth-order valence-corrected chi connectivity index (χ4v) is 3.38. The summed E-state index contributed by atoms with van der Waals surface area (Å²) in [5.74, 6) is 0.992. The van der Waals surface area contributed by atoms with Gasteiger partial charge in [-0.05, 0) is 31.6 Å². The minimum absolute atomic E-state index is 0.0197. The lowest BCUT2D eigenvalue weighted by atomic mass is 9.88. The number of carbonyl (C=O) groups is 1. The van der Waals surface area contributed by atoms with Gasteiger partial charge in [0.25, 0.3) is 0 Å². The van der Waals surface area contributed by atoms with Crippen molar-refractivity contribution >= 4 is 5.91 Å². The molecule has 1 aliphatic carbocycles. The Kier molecular flexibility index (Phi) is 4.52. The van der Waals surface area contributed by atoms with Gasteiger partial charge < -0.3 is 19.3 Å². The molecule has 2 heterocycles. The summed E-state index contributed by atoms with van der Waals surface area (Å²) in [5, 5.41) is 0. The molecule has 0 bridgehead atoms. The minimum atomic E-state index is 0.0197. The van der Waals surface area contributed by atoms with E-state index in [1.54, 1.807) is 19.0 Å². The third-order valence-electron chi connectivity index (χ3n) is 5.10. The molecule has 1 saturated carbocycles. The van der Waals surface area contributed by atoms with Crippen LogP contribution in [0.2, 0.25) is 0 Å². The Morgan fingerprint density at radius 2 is 2.05 bits per heavy atom. The number of nitrogens with zero attached hydrogens (tertiary/aromatic N) is 2. The lowest BCUT2D eigenvalue weighted by Crippen LogP contribution is -2.44. The van der Waals surface area contributed by atoms with Crippen molar-refractivity contribution in [2.24, 2.45) is 5.92 Å². The Balaban J connectivity index is 1.40. The van der Waals surface area contributed by atoms with E-state index in [0.717, 1.165) is 38.3 Å². The van der Waals surface area contributed by atoms with Gasteiger partial charge in [-0.3, -0.25) is 4.79 Å². The first-order valence-electron chi connectivity index (χ1n) is 8.24. The molecular formula is C16H28N2O3. The van der Waals surface area contributed by atoms with Crippen LogP contribution in [0, 0.1) is 5.92 Å². The molecule has 0 radical (unpaired) electrons. The molecule has 5 heteroatoms. The Bertz CT molecular complexity index is 374. The summed E-state index contributed by atoms with van der Waals surface area (Å²) in [6.45, 7) is 4.40.